The lowest BCUT2D eigenvalue weighted by Gasteiger charge is -1.99. The van der Waals surface area contributed by atoms with Crippen molar-refractivity contribution in [1.82, 2.24) is 4.98 Å². The van der Waals surface area contributed by atoms with Gasteiger partial charge in [-0.25, -0.2) is 0 Å². The van der Waals surface area contributed by atoms with E-state index in [1.807, 2.05) is 30.3 Å². The van der Waals surface area contributed by atoms with Crippen LogP contribution in [0, 0.1) is 0 Å². The Hall–Kier alpha value is -1.67. The average molecular weight is 199 g/mol. The normalized spacial score (nSPS) is 13.5. The van der Waals surface area contributed by atoms with E-state index >= 15 is 0 Å². The van der Waals surface area contributed by atoms with Crippen molar-refractivity contribution in [2.24, 2.45) is 0 Å². The zero-order valence-corrected chi connectivity index (χ0v) is 8.59. The molecule has 2 aromatic rings. The lowest BCUT2D eigenvalue weighted by Crippen LogP contribution is -1.91. The van der Waals surface area contributed by atoms with Gasteiger partial charge in [-0.05, 0) is 30.7 Å². The molecule has 1 unspecified atom stereocenters. The van der Waals surface area contributed by atoms with Crippen molar-refractivity contribution in [2.45, 2.75) is 13.0 Å². The number of rotatable bonds is 2. The maximum atomic E-state index is 9.13. The molecule has 15 heavy (non-hydrogen) atoms. The first kappa shape index (κ1) is 9.87. The van der Waals surface area contributed by atoms with Crippen LogP contribution >= 0.6 is 0 Å². The van der Waals surface area contributed by atoms with Gasteiger partial charge in [0.25, 0.3) is 0 Å². The number of benzene rings is 1. The molecular formula is C13H13NO. The molecule has 1 N–H and O–H groups in total. The first-order valence-corrected chi connectivity index (χ1v) is 4.97. The molecule has 1 aromatic heterocycles. The van der Waals surface area contributed by atoms with Gasteiger partial charge in [-0.3, -0.25) is 4.98 Å². The minimum atomic E-state index is -0.408. The summed E-state index contributed by atoms with van der Waals surface area (Å²) in [6.45, 7) is 1.74. The van der Waals surface area contributed by atoms with Gasteiger partial charge >= 0.3 is 0 Å². The fourth-order valence-corrected chi connectivity index (χ4v) is 1.45. The van der Waals surface area contributed by atoms with Crippen LogP contribution in [-0.4, -0.2) is 16.2 Å². The van der Waals surface area contributed by atoms with Crippen molar-refractivity contribution in [2.75, 3.05) is 0 Å². The maximum absolute atomic E-state index is 9.13. The monoisotopic (exact) mass is 199 g/mol. The molecule has 76 valence electrons. The number of pyridine rings is 1. The predicted octanol–water partition coefficient (Wildman–Crippen LogP) is 2.63. The first-order chi connectivity index (χ1) is 7.25. The molecule has 0 saturated heterocycles. The summed E-state index contributed by atoms with van der Waals surface area (Å²) in [7, 11) is 0. The summed E-state index contributed by atoms with van der Waals surface area (Å²) in [6, 6.07) is 9.99. The number of fused-ring (bicyclic) bond motifs is 1. The smallest absolute Gasteiger partial charge is 0.0702 e. The van der Waals surface area contributed by atoms with Gasteiger partial charge in [-0.15, -0.1) is 0 Å². The van der Waals surface area contributed by atoms with Gasteiger partial charge in [0.2, 0.25) is 0 Å². The van der Waals surface area contributed by atoms with Gasteiger partial charge in [-0.1, -0.05) is 24.3 Å². The molecule has 2 nitrogen and oxygen atoms in total. The number of aliphatic hydroxyl groups excluding tert-OH is 1. The summed E-state index contributed by atoms with van der Waals surface area (Å²) in [5.41, 5.74) is 2.07. The quantitative estimate of drug-likeness (QED) is 0.806. The molecule has 0 aliphatic carbocycles. The molecule has 2 heteroatoms. The molecule has 0 aliphatic heterocycles. The summed E-state index contributed by atoms with van der Waals surface area (Å²) < 4.78 is 0. The van der Waals surface area contributed by atoms with Crippen LogP contribution in [0.3, 0.4) is 0 Å². The Morgan fingerprint density at radius 1 is 1.33 bits per heavy atom. The van der Waals surface area contributed by atoms with E-state index in [9.17, 15) is 0 Å². The highest BCUT2D eigenvalue weighted by atomic mass is 16.3. The van der Waals surface area contributed by atoms with Crippen LogP contribution in [0.4, 0.5) is 0 Å². The maximum Gasteiger partial charge on any atom is 0.0702 e. The van der Waals surface area contributed by atoms with Gasteiger partial charge < -0.3 is 5.11 Å². The van der Waals surface area contributed by atoms with E-state index < -0.39 is 6.10 Å². The summed E-state index contributed by atoms with van der Waals surface area (Å²) in [6.07, 6.45) is 5.05. The predicted molar refractivity (Wildman–Crippen MR) is 62.5 cm³/mol. The Kier molecular flexibility index (Phi) is 2.79. The van der Waals surface area contributed by atoms with Crippen molar-refractivity contribution in [3.8, 4) is 0 Å². The average Bonchev–Trinajstić information content (AvgIpc) is 2.26. The van der Waals surface area contributed by atoms with Gasteiger partial charge in [0.1, 0.15) is 0 Å². The fraction of sp³-hybridized carbons (Fsp3) is 0.154. The minimum Gasteiger partial charge on any atom is -0.389 e. The van der Waals surface area contributed by atoms with E-state index in [1.54, 1.807) is 19.2 Å². The van der Waals surface area contributed by atoms with Crippen LogP contribution in [0.15, 0.2) is 42.6 Å². The van der Waals surface area contributed by atoms with Crippen LogP contribution in [0.2, 0.25) is 0 Å². The number of hydrogen-bond acceptors (Lipinski definition) is 2. The van der Waals surface area contributed by atoms with Crippen LogP contribution < -0.4 is 0 Å². The van der Waals surface area contributed by atoms with Crippen LogP contribution in [-0.2, 0) is 0 Å². The number of aliphatic hydroxyl groups is 1. The molecule has 0 amide bonds. The van der Waals surface area contributed by atoms with E-state index in [4.69, 9.17) is 5.11 Å². The third-order valence-electron chi connectivity index (χ3n) is 2.19. The highest BCUT2D eigenvalue weighted by molar-refractivity contribution is 5.80. The second kappa shape index (κ2) is 4.24. The van der Waals surface area contributed by atoms with Crippen molar-refractivity contribution >= 4 is 17.0 Å². The molecule has 0 spiro atoms. The Balaban J connectivity index is 2.39. The van der Waals surface area contributed by atoms with Gasteiger partial charge in [0.15, 0.2) is 0 Å². The highest BCUT2D eigenvalue weighted by Gasteiger charge is 1.94. The Bertz CT molecular complexity index is 489. The molecule has 1 atom stereocenters. The van der Waals surface area contributed by atoms with Gasteiger partial charge in [-0.2, -0.15) is 0 Å². The molecule has 2 rings (SSSR count). The minimum absolute atomic E-state index is 0.408. The molecule has 1 heterocycles. The molecule has 0 saturated carbocycles. The summed E-state index contributed by atoms with van der Waals surface area (Å²) >= 11 is 0. The second-order valence-corrected chi connectivity index (χ2v) is 3.56. The Labute approximate surface area is 88.9 Å². The first-order valence-electron chi connectivity index (χ1n) is 4.97. The topological polar surface area (TPSA) is 33.1 Å². The second-order valence-electron chi connectivity index (χ2n) is 3.56. The fourth-order valence-electron chi connectivity index (χ4n) is 1.45. The molecule has 0 aliphatic rings. The summed E-state index contributed by atoms with van der Waals surface area (Å²) in [5.74, 6) is 0. The van der Waals surface area contributed by atoms with E-state index in [-0.39, 0.29) is 0 Å². The zero-order chi connectivity index (χ0) is 10.7. The van der Waals surface area contributed by atoms with Crippen molar-refractivity contribution in [1.29, 1.82) is 0 Å². The lowest BCUT2D eigenvalue weighted by molar-refractivity contribution is 0.245. The standard InChI is InChI=1S/C13H13NO/c1-10(15)4-5-11-6-7-13-12(9-11)3-2-8-14-13/h2-10,15H,1H3/b5-4+. The largest absolute Gasteiger partial charge is 0.389 e. The third kappa shape index (κ3) is 2.42. The van der Waals surface area contributed by atoms with Crippen molar-refractivity contribution in [3.63, 3.8) is 0 Å². The van der Waals surface area contributed by atoms with Crippen LogP contribution in [0.5, 0.6) is 0 Å². The number of hydrogen-bond donors (Lipinski definition) is 1. The van der Waals surface area contributed by atoms with Crippen molar-refractivity contribution < 1.29 is 5.11 Å². The van der Waals surface area contributed by atoms with Gasteiger partial charge in [0.05, 0.1) is 11.6 Å². The Morgan fingerprint density at radius 2 is 2.20 bits per heavy atom. The van der Waals surface area contributed by atoms with Crippen LogP contribution in [0.1, 0.15) is 12.5 Å². The number of nitrogens with zero attached hydrogens (tertiary/aromatic N) is 1. The number of aromatic nitrogens is 1. The van der Waals surface area contributed by atoms with Crippen LogP contribution in [0.25, 0.3) is 17.0 Å². The SMILES string of the molecule is CC(O)/C=C/c1ccc2ncccc2c1. The highest BCUT2D eigenvalue weighted by Crippen LogP contribution is 2.14. The molecule has 1 aromatic carbocycles. The molecule has 0 fully saturated rings. The van der Waals surface area contributed by atoms with E-state index in [2.05, 4.69) is 11.1 Å². The van der Waals surface area contributed by atoms with E-state index in [1.165, 1.54) is 0 Å². The summed E-state index contributed by atoms with van der Waals surface area (Å²) in [4.78, 5) is 4.24. The molecular weight excluding hydrogens is 186 g/mol. The third-order valence-corrected chi connectivity index (χ3v) is 2.19. The van der Waals surface area contributed by atoms with Crippen molar-refractivity contribution in [3.05, 3.63) is 48.2 Å². The lowest BCUT2D eigenvalue weighted by atomic mass is 10.1. The van der Waals surface area contributed by atoms with Gasteiger partial charge in [0, 0.05) is 11.6 Å². The molecule has 0 radical (unpaired) electrons. The molecule has 0 bridgehead atoms. The van der Waals surface area contributed by atoms with E-state index in [0.717, 1.165) is 16.5 Å². The Morgan fingerprint density at radius 3 is 3.00 bits per heavy atom. The van der Waals surface area contributed by atoms with E-state index in [0.29, 0.717) is 0 Å². The summed E-state index contributed by atoms with van der Waals surface area (Å²) in [5, 5.41) is 10.2. The zero-order valence-electron chi connectivity index (χ0n) is 8.59.